The van der Waals surface area contributed by atoms with Crippen molar-refractivity contribution in [3.8, 4) is 5.75 Å². The van der Waals surface area contributed by atoms with Crippen LogP contribution in [0.1, 0.15) is 0 Å². The highest BCUT2D eigenvalue weighted by Crippen LogP contribution is 2.05. The first-order valence-electron chi connectivity index (χ1n) is 5.91. The third-order valence-corrected chi connectivity index (χ3v) is 2.42. The predicted molar refractivity (Wildman–Crippen MR) is 70.3 cm³/mol. The molecule has 0 aliphatic carbocycles. The smallest absolute Gasteiger partial charge is 0.226 e. The zero-order valence-corrected chi connectivity index (χ0v) is 11.0. The molecule has 0 bridgehead atoms. The standard InChI is InChI=1S/C7H12O7.C6H6O/c8-1-3(10)5(12)7(14)6(13)4(11)2-9;7-6-4-2-1-3-5-6/h1,4-7,9,11-14H,2H2;1-5,7H. The van der Waals surface area contributed by atoms with Gasteiger partial charge in [0.25, 0.3) is 0 Å². The second kappa shape index (κ2) is 9.97. The lowest BCUT2D eigenvalue weighted by atomic mass is 10.0. The summed E-state index contributed by atoms with van der Waals surface area (Å²) in [5.74, 6) is -0.996. The molecule has 0 saturated heterocycles. The van der Waals surface area contributed by atoms with Gasteiger partial charge in [0.15, 0.2) is 6.29 Å². The number of para-hydroxylation sites is 1. The number of aldehydes is 1. The van der Waals surface area contributed by atoms with Gasteiger partial charge in [-0.1, -0.05) is 18.2 Å². The van der Waals surface area contributed by atoms with E-state index in [2.05, 4.69) is 0 Å². The number of hydrogen-bond acceptors (Lipinski definition) is 8. The third-order valence-electron chi connectivity index (χ3n) is 2.42. The molecule has 8 heteroatoms. The number of Topliss-reactive ketones (excluding diaryl/α,β-unsaturated/α-hetero) is 1. The number of hydrogen-bond donors (Lipinski definition) is 6. The lowest BCUT2D eigenvalue weighted by Crippen LogP contribution is -2.48. The Kier molecular flexibility index (Phi) is 9.10. The van der Waals surface area contributed by atoms with E-state index in [1.165, 1.54) is 0 Å². The van der Waals surface area contributed by atoms with Gasteiger partial charge in [-0.05, 0) is 12.1 Å². The van der Waals surface area contributed by atoms with Crippen molar-refractivity contribution in [3.05, 3.63) is 30.3 Å². The summed E-state index contributed by atoms with van der Waals surface area (Å²) in [5, 5.41) is 52.8. The summed E-state index contributed by atoms with van der Waals surface area (Å²) >= 11 is 0. The summed E-state index contributed by atoms with van der Waals surface area (Å²) in [6.07, 6.45) is -7.94. The van der Waals surface area contributed by atoms with E-state index >= 15 is 0 Å². The van der Waals surface area contributed by atoms with Crippen LogP contribution in [-0.2, 0) is 9.59 Å². The van der Waals surface area contributed by atoms with Crippen LogP contribution in [0.5, 0.6) is 5.75 Å². The molecule has 0 aliphatic heterocycles. The molecule has 4 unspecified atom stereocenters. The Morgan fingerprint density at radius 2 is 1.57 bits per heavy atom. The molecule has 118 valence electrons. The van der Waals surface area contributed by atoms with Crippen LogP contribution in [0, 0.1) is 0 Å². The van der Waals surface area contributed by atoms with Gasteiger partial charge in [0.05, 0.1) is 6.61 Å². The fourth-order valence-corrected chi connectivity index (χ4v) is 1.19. The number of carbonyl (C=O) groups is 2. The molecule has 0 aliphatic rings. The molecule has 0 aromatic heterocycles. The van der Waals surface area contributed by atoms with Crippen LogP contribution in [0.25, 0.3) is 0 Å². The molecule has 1 aromatic carbocycles. The maximum Gasteiger partial charge on any atom is 0.226 e. The largest absolute Gasteiger partial charge is 0.508 e. The zero-order chi connectivity index (χ0) is 16.4. The fourth-order valence-electron chi connectivity index (χ4n) is 1.19. The molecule has 8 nitrogen and oxygen atoms in total. The van der Waals surface area contributed by atoms with Crippen molar-refractivity contribution >= 4 is 12.1 Å². The summed E-state index contributed by atoms with van der Waals surface area (Å²) in [6, 6.07) is 8.71. The van der Waals surface area contributed by atoms with E-state index in [0.717, 1.165) is 0 Å². The van der Waals surface area contributed by atoms with Crippen molar-refractivity contribution in [2.24, 2.45) is 0 Å². The highest BCUT2D eigenvalue weighted by atomic mass is 16.4. The molecule has 21 heavy (non-hydrogen) atoms. The van der Waals surface area contributed by atoms with Gasteiger partial charge in [0.2, 0.25) is 5.78 Å². The van der Waals surface area contributed by atoms with Gasteiger partial charge in [-0.3, -0.25) is 9.59 Å². The molecular weight excluding hydrogens is 284 g/mol. The number of benzene rings is 1. The van der Waals surface area contributed by atoms with Gasteiger partial charge in [-0.25, -0.2) is 0 Å². The van der Waals surface area contributed by atoms with Gasteiger partial charge < -0.3 is 30.6 Å². The normalized spacial score (nSPS) is 15.9. The maximum absolute atomic E-state index is 10.5. The third kappa shape index (κ3) is 6.93. The maximum atomic E-state index is 10.5. The second-order valence-electron chi connectivity index (χ2n) is 4.03. The minimum atomic E-state index is -2.11. The van der Waals surface area contributed by atoms with E-state index in [1.807, 2.05) is 6.07 Å². The van der Waals surface area contributed by atoms with E-state index < -0.39 is 36.8 Å². The summed E-state index contributed by atoms with van der Waals surface area (Å²) in [7, 11) is 0. The highest BCUT2D eigenvalue weighted by Gasteiger charge is 2.33. The van der Waals surface area contributed by atoms with Crippen molar-refractivity contribution in [1.29, 1.82) is 0 Å². The molecule has 1 rings (SSSR count). The van der Waals surface area contributed by atoms with E-state index in [9.17, 15) is 9.59 Å². The average molecular weight is 302 g/mol. The monoisotopic (exact) mass is 302 g/mol. The molecule has 0 spiro atoms. The topological polar surface area (TPSA) is 156 Å². The van der Waals surface area contributed by atoms with Crippen molar-refractivity contribution in [2.45, 2.75) is 24.4 Å². The quantitative estimate of drug-likeness (QED) is 0.250. The average Bonchev–Trinajstić information content (AvgIpc) is 2.52. The number of aromatic hydroxyl groups is 1. The first kappa shape index (κ1) is 19.2. The Hall–Kier alpha value is -1.84. The molecular formula is C13H18O8. The predicted octanol–water partition coefficient (Wildman–Crippen LogP) is -2.42. The van der Waals surface area contributed by atoms with Crippen molar-refractivity contribution < 1.29 is 40.2 Å². The summed E-state index contributed by atoms with van der Waals surface area (Å²) < 4.78 is 0. The fraction of sp³-hybridized carbons (Fsp3) is 0.385. The van der Waals surface area contributed by atoms with Crippen molar-refractivity contribution in [1.82, 2.24) is 0 Å². The molecule has 0 heterocycles. The lowest BCUT2D eigenvalue weighted by molar-refractivity contribution is -0.150. The van der Waals surface area contributed by atoms with Crippen LogP contribution < -0.4 is 0 Å². The Morgan fingerprint density at radius 1 is 1.05 bits per heavy atom. The van der Waals surface area contributed by atoms with E-state index in [-0.39, 0.29) is 6.29 Å². The number of ketones is 1. The number of phenolic OH excluding ortho intramolecular Hbond substituents is 1. The van der Waals surface area contributed by atoms with Gasteiger partial charge in [0, 0.05) is 0 Å². The first-order valence-corrected chi connectivity index (χ1v) is 5.91. The number of carbonyl (C=O) groups excluding carboxylic acids is 2. The van der Waals surface area contributed by atoms with Gasteiger partial charge >= 0.3 is 0 Å². The van der Waals surface area contributed by atoms with E-state index in [4.69, 9.17) is 30.6 Å². The Balaban J connectivity index is 0.000000471. The van der Waals surface area contributed by atoms with Crippen LogP contribution in [0.3, 0.4) is 0 Å². The second-order valence-corrected chi connectivity index (χ2v) is 4.03. The number of rotatable bonds is 6. The number of aliphatic hydroxyl groups excluding tert-OH is 5. The van der Waals surface area contributed by atoms with Crippen LogP contribution in [-0.4, -0.2) is 73.7 Å². The van der Waals surface area contributed by atoms with Crippen molar-refractivity contribution in [3.63, 3.8) is 0 Å². The first-order chi connectivity index (χ1) is 9.84. The molecule has 6 N–H and O–H groups in total. The SMILES string of the molecule is O=CC(=O)C(O)C(O)C(O)C(O)CO.Oc1ccccc1. The van der Waals surface area contributed by atoms with Gasteiger partial charge in [-0.2, -0.15) is 0 Å². The summed E-state index contributed by atoms with van der Waals surface area (Å²) in [5.41, 5.74) is 0. The molecule has 0 radical (unpaired) electrons. The van der Waals surface area contributed by atoms with Crippen LogP contribution in [0.4, 0.5) is 0 Å². The zero-order valence-electron chi connectivity index (χ0n) is 11.0. The van der Waals surface area contributed by atoms with Crippen LogP contribution in [0.15, 0.2) is 30.3 Å². The Bertz CT molecular complexity index is 421. The van der Waals surface area contributed by atoms with E-state index in [1.54, 1.807) is 24.3 Å². The molecule has 0 amide bonds. The Labute approximate surface area is 120 Å². The minimum Gasteiger partial charge on any atom is -0.508 e. The lowest BCUT2D eigenvalue weighted by Gasteiger charge is -2.23. The van der Waals surface area contributed by atoms with Crippen LogP contribution >= 0.6 is 0 Å². The van der Waals surface area contributed by atoms with Crippen molar-refractivity contribution in [2.75, 3.05) is 6.61 Å². The summed E-state index contributed by atoms with van der Waals surface area (Å²) in [4.78, 5) is 20.4. The molecule has 4 atom stereocenters. The minimum absolute atomic E-state index is 0.216. The highest BCUT2D eigenvalue weighted by molar-refractivity contribution is 6.27. The van der Waals surface area contributed by atoms with Gasteiger partial charge in [0.1, 0.15) is 30.2 Å². The number of phenols is 1. The number of aliphatic hydroxyl groups is 5. The van der Waals surface area contributed by atoms with Crippen LogP contribution in [0.2, 0.25) is 0 Å². The van der Waals surface area contributed by atoms with Gasteiger partial charge in [-0.15, -0.1) is 0 Å². The molecule has 1 aromatic rings. The molecule has 0 fully saturated rings. The molecule has 0 saturated carbocycles. The Morgan fingerprint density at radius 3 is 1.90 bits per heavy atom. The van der Waals surface area contributed by atoms with E-state index in [0.29, 0.717) is 5.75 Å². The summed E-state index contributed by atoms with van der Waals surface area (Å²) in [6.45, 7) is -0.847.